The molecule has 1 heterocycles. The monoisotopic (exact) mass is 378 g/mol. The van der Waals surface area contributed by atoms with E-state index in [9.17, 15) is 18.4 Å². The van der Waals surface area contributed by atoms with E-state index in [4.69, 9.17) is 11.6 Å². The molecule has 0 fully saturated rings. The van der Waals surface area contributed by atoms with Crippen LogP contribution in [0.5, 0.6) is 0 Å². The maximum atomic E-state index is 13.7. The van der Waals surface area contributed by atoms with Crippen LogP contribution in [0.1, 0.15) is 28.8 Å². The molecule has 136 valence electrons. The van der Waals surface area contributed by atoms with Gasteiger partial charge in [0.05, 0.1) is 5.69 Å². The first-order chi connectivity index (χ1) is 12.5. The largest absolute Gasteiger partial charge is 0.352 e. The number of nitrogens with one attached hydrogen (secondary N) is 1. The van der Waals surface area contributed by atoms with Crippen LogP contribution in [0.3, 0.4) is 0 Å². The van der Waals surface area contributed by atoms with Gasteiger partial charge in [-0.3, -0.25) is 9.59 Å². The first kappa shape index (κ1) is 18.3. The predicted molar refractivity (Wildman–Crippen MR) is 95.4 cm³/mol. The third-order valence-electron chi connectivity index (χ3n) is 4.27. The molecule has 1 N–H and O–H groups in total. The second kappa shape index (κ2) is 7.83. The molecule has 0 saturated heterocycles. The Morgan fingerprint density at radius 2 is 1.88 bits per heavy atom. The normalized spacial score (nSPS) is 12.8. The molecule has 0 bridgehead atoms. The van der Waals surface area contributed by atoms with Gasteiger partial charge in [0, 0.05) is 41.7 Å². The number of rotatable bonds is 5. The summed E-state index contributed by atoms with van der Waals surface area (Å²) in [6.07, 6.45) is 0.987. The van der Waals surface area contributed by atoms with Crippen LogP contribution in [-0.2, 0) is 11.2 Å². The number of carbonyl (C=O) groups excluding carboxylic acids is 2. The van der Waals surface area contributed by atoms with Crippen LogP contribution in [0.4, 0.5) is 14.5 Å². The molecule has 0 unspecified atom stereocenters. The minimum Gasteiger partial charge on any atom is -0.352 e. The van der Waals surface area contributed by atoms with Gasteiger partial charge in [-0.15, -0.1) is 0 Å². The minimum atomic E-state index is -0.698. The third kappa shape index (κ3) is 4.02. The average Bonchev–Trinajstić information content (AvgIpc) is 3.03. The molecule has 26 heavy (non-hydrogen) atoms. The summed E-state index contributed by atoms with van der Waals surface area (Å²) in [7, 11) is 0. The number of amides is 2. The first-order valence-electron chi connectivity index (χ1n) is 8.28. The molecule has 4 nitrogen and oxygen atoms in total. The van der Waals surface area contributed by atoms with Crippen LogP contribution >= 0.6 is 11.6 Å². The average molecular weight is 379 g/mol. The van der Waals surface area contributed by atoms with Crippen molar-refractivity contribution in [3.8, 4) is 0 Å². The Hall–Kier alpha value is -2.47. The van der Waals surface area contributed by atoms with Gasteiger partial charge in [0.2, 0.25) is 5.91 Å². The van der Waals surface area contributed by atoms with Gasteiger partial charge in [-0.05, 0) is 43.2 Å². The summed E-state index contributed by atoms with van der Waals surface area (Å²) in [6.45, 7) is 0.664. The van der Waals surface area contributed by atoms with Crippen molar-refractivity contribution in [1.29, 1.82) is 0 Å². The van der Waals surface area contributed by atoms with E-state index in [1.54, 1.807) is 24.3 Å². The Morgan fingerprint density at radius 3 is 2.62 bits per heavy atom. The number of carbonyl (C=O) groups is 2. The van der Waals surface area contributed by atoms with Crippen LogP contribution in [0.15, 0.2) is 36.4 Å². The predicted octanol–water partition coefficient (Wildman–Crippen LogP) is 3.72. The standard InChI is InChI=1S/C19H17ClF2N2O2/c20-13-5-3-12(4-6-13)19(26)23-8-1-2-18(25)24-9-7-15-16(22)10-14(21)11-17(15)24/h3-6,10-11H,1-2,7-9H2,(H,23,26). The van der Waals surface area contributed by atoms with Crippen molar-refractivity contribution in [2.45, 2.75) is 19.3 Å². The highest BCUT2D eigenvalue weighted by Gasteiger charge is 2.27. The van der Waals surface area contributed by atoms with E-state index in [0.717, 1.165) is 6.07 Å². The van der Waals surface area contributed by atoms with Crippen molar-refractivity contribution < 1.29 is 18.4 Å². The smallest absolute Gasteiger partial charge is 0.251 e. The number of anilines is 1. The SMILES string of the molecule is O=C(NCCCC(=O)N1CCc2c(F)cc(F)cc21)c1ccc(Cl)cc1. The highest BCUT2D eigenvalue weighted by Crippen LogP contribution is 2.31. The number of halogens is 3. The number of hydrogen-bond donors (Lipinski definition) is 1. The molecule has 3 rings (SSSR count). The Balaban J connectivity index is 1.50. The Labute approximate surface area is 154 Å². The Morgan fingerprint density at radius 1 is 1.15 bits per heavy atom. The number of hydrogen-bond acceptors (Lipinski definition) is 2. The molecule has 2 aromatic rings. The molecule has 2 amide bonds. The van der Waals surface area contributed by atoms with Crippen LogP contribution in [0, 0.1) is 11.6 Å². The highest BCUT2D eigenvalue weighted by molar-refractivity contribution is 6.30. The van der Waals surface area contributed by atoms with Crippen LogP contribution in [-0.4, -0.2) is 24.9 Å². The van der Waals surface area contributed by atoms with Gasteiger partial charge in [-0.1, -0.05) is 11.6 Å². The molecule has 7 heteroatoms. The van der Waals surface area contributed by atoms with E-state index in [2.05, 4.69) is 5.32 Å². The first-order valence-corrected chi connectivity index (χ1v) is 8.65. The Bertz CT molecular complexity index is 840. The molecule has 0 saturated carbocycles. The van der Waals surface area contributed by atoms with E-state index in [0.29, 0.717) is 47.8 Å². The molecular formula is C19H17ClF2N2O2. The van der Waals surface area contributed by atoms with E-state index in [1.807, 2.05) is 0 Å². The van der Waals surface area contributed by atoms with Crippen LogP contribution < -0.4 is 10.2 Å². The Kier molecular flexibility index (Phi) is 5.52. The zero-order valence-corrected chi connectivity index (χ0v) is 14.7. The quantitative estimate of drug-likeness (QED) is 0.806. The lowest BCUT2D eigenvalue weighted by atomic mass is 10.1. The van der Waals surface area contributed by atoms with Gasteiger partial charge in [0.15, 0.2) is 0 Å². The van der Waals surface area contributed by atoms with Crippen molar-refractivity contribution in [2.75, 3.05) is 18.0 Å². The van der Waals surface area contributed by atoms with E-state index >= 15 is 0 Å². The molecule has 1 aliphatic rings. The second-order valence-corrected chi connectivity index (χ2v) is 6.48. The van der Waals surface area contributed by atoms with Crippen LogP contribution in [0.2, 0.25) is 5.02 Å². The zero-order chi connectivity index (χ0) is 18.7. The fourth-order valence-corrected chi connectivity index (χ4v) is 3.09. The fraction of sp³-hybridized carbons (Fsp3) is 0.263. The van der Waals surface area contributed by atoms with Gasteiger partial charge in [-0.25, -0.2) is 8.78 Å². The van der Waals surface area contributed by atoms with Gasteiger partial charge >= 0.3 is 0 Å². The number of benzene rings is 2. The summed E-state index contributed by atoms with van der Waals surface area (Å²) in [5.74, 6) is -1.78. The highest BCUT2D eigenvalue weighted by atomic mass is 35.5. The van der Waals surface area contributed by atoms with Gasteiger partial charge in [0.1, 0.15) is 11.6 Å². The van der Waals surface area contributed by atoms with Gasteiger partial charge in [0.25, 0.3) is 5.91 Å². The molecule has 1 aliphatic heterocycles. The topological polar surface area (TPSA) is 49.4 Å². The maximum absolute atomic E-state index is 13.7. The summed E-state index contributed by atoms with van der Waals surface area (Å²) >= 11 is 5.77. The van der Waals surface area contributed by atoms with E-state index in [-0.39, 0.29) is 18.2 Å². The molecule has 0 radical (unpaired) electrons. The molecular weight excluding hydrogens is 362 g/mol. The lowest BCUT2D eigenvalue weighted by Gasteiger charge is -2.17. The fourth-order valence-electron chi connectivity index (χ4n) is 2.96. The zero-order valence-electron chi connectivity index (χ0n) is 13.9. The second-order valence-electron chi connectivity index (χ2n) is 6.05. The van der Waals surface area contributed by atoms with Crippen LogP contribution in [0.25, 0.3) is 0 Å². The molecule has 0 spiro atoms. The van der Waals surface area contributed by atoms with E-state index < -0.39 is 11.6 Å². The lowest BCUT2D eigenvalue weighted by molar-refractivity contribution is -0.118. The van der Waals surface area contributed by atoms with Gasteiger partial charge in [-0.2, -0.15) is 0 Å². The number of fused-ring (bicyclic) bond motifs is 1. The van der Waals surface area contributed by atoms with Crippen molar-refractivity contribution in [1.82, 2.24) is 5.32 Å². The third-order valence-corrected chi connectivity index (χ3v) is 4.53. The lowest BCUT2D eigenvalue weighted by Crippen LogP contribution is -2.30. The van der Waals surface area contributed by atoms with E-state index in [1.165, 1.54) is 11.0 Å². The summed E-state index contributed by atoms with van der Waals surface area (Å²) in [6, 6.07) is 8.51. The summed E-state index contributed by atoms with van der Waals surface area (Å²) in [4.78, 5) is 25.7. The summed E-state index contributed by atoms with van der Waals surface area (Å²) < 4.78 is 27.1. The maximum Gasteiger partial charge on any atom is 0.251 e. The molecule has 0 atom stereocenters. The van der Waals surface area contributed by atoms with Crippen molar-refractivity contribution in [2.24, 2.45) is 0 Å². The summed E-state index contributed by atoms with van der Waals surface area (Å²) in [5.41, 5.74) is 1.16. The molecule has 0 aliphatic carbocycles. The van der Waals surface area contributed by atoms with Crippen molar-refractivity contribution in [3.05, 3.63) is 64.2 Å². The van der Waals surface area contributed by atoms with Crippen molar-refractivity contribution in [3.63, 3.8) is 0 Å². The summed E-state index contributed by atoms with van der Waals surface area (Å²) in [5, 5.41) is 3.28. The number of nitrogens with zero attached hydrogens (tertiary/aromatic N) is 1. The minimum absolute atomic E-state index is 0.179. The van der Waals surface area contributed by atoms with Crippen molar-refractivity contribution >= 4 is 29.1 Å². The van der Waals surface area contributed by atoms with Gasteiger partial charge < -0.3 is 10.2 Å². The molecule has 2 aromatic carbocycles. The molecule has 0 aromatic heterocycles.